The number of nitrogens with two attached hydrogens (primary N) is 1. The molecule has 4 nitrogen and oxygen atoms in total. The van der Waals surface area contributed by atoms with Gasteiger partial charge in [-0.05, 0) is 25.8 Å². The molecule has 1 aromatic rings. The van der Waals surface area contributed by atoms with E-state index in [1.54, 1.807) is 0 Å². The number of aliphatic hydroxyl groups is 1. The number of aliphatic hydroxyl groups excluding tert-OH is 1. The molecule has 0 aliphatic rings. The van der Waals surface area contributed by atoms with Gasteiger partial charge in [-0.1, -0.05) is 37.3 Å². The SMILES string of the molecule is CCC(C)(CN)C(=O)NC(C)(CO)c1ccccc1. The average Bonchev–Trinajstić information content (AvgIpc) is 2.47. The van der Waals surface area contributed by atoms with Gasteiger partial charge in [-0.3, -0.25) is 4.79 Å². The highest BCUT2D eigenvalue weighted by Crippen LogP contribution is 2.25. The molecule has 0 spiro atoms. The summed E-state index contributed by atoms with van der Waals surface area (Å²) in [7, 11) is 0. The van der Waals surface area contributed by atoms with Gasteiger partial charge in [-0.15, -0.1) is 0 Å². The smallest absolute Gasteiger partial charge is 0.227 e. The lowest BCUT2D eigenvalue weighted by Crippen LogP contribution is -2.53. The van der Waals surface area contributed by atoms with Gasteiger partial charge < -0.3 is 16.2 Å². The van der Waals surface area contributed by atoms with E-state index in [1.165, 1.54) is 0 Å². The van der Waals surface area contributed by atoms with E-state index in [4.69, 9.17) is 5.73 Å². The molecule has 2 atom stereocenters. The third-order valence-electron chi connectivity index (χ3n) is 3.90. The Hall–Kier alpha value is -1.39. The molecule has 0 bridgehead atoms. The topological polar surface area (TPSA) is 75.4 Å². The van der Waals surface area contributed by atoms with Crippen molar-refractivity contribution < 1.29 is 9.90 Å². The zero-order valence-corrected chi connectivity index (χ0v) is 11.9. The Morgan fingerprint density at radius 3 is 2.32 bits per heavy atom. The molecule has 0 saturated carbocycles. The van der Waals surface area contributed by atoms with Crippen LogP contribution in [-0.4, -0.2) is 24.2 Å². The summed E-state index contributed by atoms with van der Waals surface area (Å²) in [6, 6.07) is 9.46. The molecule has 4 heteroatoms. The molecule has 1 aromatic carbocycles. The second kappa shape index (κ2) is 6.17. The van der Waals surface area contributed by atoms with Crippen LogP contribution in [0.5, 0.6) is 0 Å². The molecule has 1 amide bonds. The number of nitrogens with one attached hydrogen (secondary N) is 1. The fourth-order valence-electron chi connectivity index (χ4n) is 1.81. The Morgan fingerprint density at radius 2 is 1.89 bits per heavy atom. The third kappa shape index (κ3) is 3.33. The van der Waals surface area contributed by atoms with E-state index in [0.717, 1.165) is 5.56 Å². The molecular weight excluding hydrogens is 240 g/mol. The number of carbonyl (C=O) groups is 1. The Bertz CT molecular complexity index is 415. The first-order valence-electron chi connectivity index (χ1n) is 6.61. The van der Waals surface area contributed by atoms with Gasteiger partial charge in [0.15, 0.2) is 0 Å². The van der Waals surface area contributed by atoms with E-state index < -0.39 is 11.0 Å². The van der Waals surface area contributed by atoms with Crippen LogP contribution in [0.15, 0.2) is 30.3 Å². The summed E-state index contributed by atoms with van der Waals surface area (Å²) in [5, 5.41) is 12.6. The normalized spacial score (nSPS) is 17.3. The number of hydrogen-bond acceptors (Lipinski definition) is 3. The van der Waals surface area contributed by atoms with E-state index in [1.807, 2.05) is 51.1 Å². The highest BCUT2D eigenvalue weighted by molar-refractivity contribution is 5.83. The summed E-state index contributed by atoms with van der Waals surface area (Å²) in [5.41, 5.74) is 5.18. The lowest BCUT2D eigenvalue weighted by Gasteiger charge is -2.34. The number of benzene rings is 1. The highest BCUT2D eigenvalue weighted by atomic mass is 16.3. The molecular formula is C15H24N2O2. The quantitative estimate of drug-likeness (QED) is 0.726. The fourth-order valence-corrected chi connectivity index (χ4v) is 1.81. The fraction of sp³-hybridized carbons (Fsp3) is 0.533. The van der Waals surface area contributed by atoms with Crippen molar-refractivity contribution in [2.45, 2.75) is 32.7 Å². The largest absolute Gasteiger partial charge is 0.394 e. The number of hydrogen-bond donors (Lipinski definition) is 3. The van der Waals surface area contributed by atoms with Gasteiger partial charge >= 0.3 is 0 Å². The minimum absolute atomic E-state index is 0.127. The lowest BCUT2D eigenvalue weighted by atomic mass is 9.84. The first-order valence-corrected chi connectivity index (χ1v) is 6.61. The summed E-state index contributed by atoms with van der Waals surface area (Å²) in [5.74, 6) is -0.127. The van der Waals surface area contributed by atoms with E-state index in [2.05, 4.69) is 5.32 Å². The van der Waals surface area contributed by atoms with Gasteiger partial charge in [0.1, 0.15) is 0 Å². The van der Waals surface area contributed by atoms with Crippen LogP contribution in [0.25, 0.3) is 0 Å². The Morgan fingerprint density at radius 1 is 1.32 bits per heavy atom. The predicted molar refractivity (Wildman–Crippen MR) is 76.5 cm³/mol. The average molecular weight is 264 g/mol. The molecule has 106 valence electrons. The predicted octanol–water partition coefficient (Wildman–Crippen LogP) is 1.39. The highest BCUT2D eigenvalue weighted by Gasteiger charge is 2.35. The number of carbonyl (C=O) groups excluding carboxylic acids is 1. The van der Waals surface area contributed by atoms with Gasteiger partial charge in [0, 0.05) is 6.54 Å². The van der Waals surface area contributed by atoms with E-state index in [9.17, 15) is 9.90 Å². The minimum atomic E-state index is -0.788. The standard InChI is InChI=1S/C15H24N2O2/c1-4-14(2,10-16)13(19)17-15(3,11-18)12-8-6-5-7-9-12/h5-9,18H,4,10-11,16H2,1-3H3,(H,17,19). The molecule has 4 N–H and O–H groups in total. The molecule has 1 rings (SSSR count). The second-order valence-corrected chi connectivity index (χ2v) is 5.43. The van der Waals surface area contributed by atoms with Crippen LogP contribution in [0.4, 0.5) is 0 Å². The zero-order chi connectivity index (χ0) is 14.5. The molecule has 0 aromatic heterocycles. The van der Waals surface area contributed by atoms with Crippen molar-refractivity contribution in [2.75, 3.05) is 13.2 Å². The zero-order valence-electron chi connectivity index (χ0n) is 11.9. The van der Waals surface area contributed by atoms with Crippen LogP contribution in [0.1, 0.15) is 32.8 Å². The first-order chi connectivity index (χ1) is 8.91. The van der Waals surface area contributed by atoms with E-state index in [0.29, 0.717) is 6.42 Å². The molecule has 0 heterocycles. The number of amides is 1. The van der Waals surface area contributed by atoms with Crippen LogP contribution in [-0.2, 0) is 10.3 Å². The van der Waals surface area contributed by atoms with Gasteiger partial charge in [0.2, 0.25) is 5.91 Å². The number of rotatable bonds is 6. The summed E-state index contributed by atoms with van der Waals surface area (Å²) >= 11 is 0. The van der Waals surface area contributed by atoms with Crippen LogP contribution in [0.3, 0.4) is 0 Å². The molecule has 0 aliphatic carbocycles. The minimum Gasteiger partial charge on any atom is -0.394 e. The summed E-state index contributed by atoms with van der Waals surface area (Å²) in [6.45, 7) is 5.71. The van der Waals surface area contributed by atoms with Crippen LogP contribution >= 0.6 is 0 Å². The van der Waals surface area contributed by atoms with Crippen molar-refractivity contribution in [3.63, 3.8) is 0 Å². The Balaban J connectivity index is 2.97. The van der Waals surface area contributed by atoms with Crippen molar-refractivity contribution in [3.05, 3.63) is 35.9 Å². The molecule has 0 fully saturated rings. The van der Waals surface area contributed by atoms with Gasteiger partial charge in [-0.2, -0.15) is 0 Å². The van der Waals surface area contributed by atoms with Crippen molar-refractivity contribution in [1.29, 1.82) is 0 Å². The van der Waals surface area contributed by atoms with Gasteiger partial charge in [0.25, 0.3) is 0 Å². The van der Waals surface area contributed by atoms with E-state index >= 15 is 0 Å². The van der Waals surface area contributed by atoms with Gasteiger partial charge in [-0.25, -0.2) is 0 Å². The molecule has 0 saturated heterocycles. The molecule has 2 unspecified atom stereocenters. The molecule has 0 radical (unpaired) electrons. The first kappa shape index (κ1) is 15.7. The second-order valence-electron chi connectivity index (χ2n) is 5.43. The van der Waals surface area contributed by atoms with Crippen molar-refractivity contribution in [2.24, 2.45) is 11.1 Å². The van der Waals surface area contributed by atoms with Gasteiger partial charge in [0.05, 0.1) is 17.6 Å². The third-order valence-corrected chi connectivity index (χ3v) is 3.90. The monoisotopic (exact) mass is 264 g/mol. The summed E-state index contributed by atoms with van der Waals surface area (Å²) < 4.78 is 0. The van der Waals surface area contributed by atoms with Crippen LogP contribution < -0.4 is 11.1 Å². The van der Waals surface area contributed by atoms with Crippen molar-refractivity contribution in [1.82, 2.24) is 5.32 Å². The Labute approximate surface area is 115 Å². The van der Waals surface area contributed by atoms with Crippen molar-refractivity contribution in [3.8, 4) is 0 Å². The Kier molecular flexibility index (Phi) is 5.09. The maximum atomic E-state index is 12.4. The summed E-state index contributed by atoms with van der Waals surface area (Å²) in [6.07, 6.45) is 0.658. The lowest BCUT2D eigenvalue weighted by molar-refractivity contribution is -0.132. The van der Waals surface area contributed by atoms with Crippen molar-refractivity contribution >= 4 is 5.91 Å². The van der Waals surface area contributed by atoms with E-state index in [-0.39, 0.29) is 19.1 Å². The molecule has 0 aliphatic heterocycles. The summed E-state index contributed by atoms with van der Waals surface area (Å²) in [4.78, 5) is 12.4. The maximum Gasteiger partial charge on any atom is 0.227 e. The molecule has 19 heavy (non-hydrogen) atoms. The maximum absolute atomic E-state index is 12.4. The van der Waals surface area contributed by atoms with Crippen LogP contribution in [0.2, 0.25) is 0 Å². The van der Waals surface area contributed by atoms with Crippen LogP contribution in [0, 0.1) is 5.41 Å².